The summed E-state index contributed by atoms with van der Waals surface area (Å²) in [4.78, 5) is 25.9. The van der Waals surface area contributed by atoms with Gasteiger partial charge in [-0.25, -0.2) is 9.59 Å². The van der Waals surface area contributed by atoms with E-state index in [1.165, 1.54) is 7.11 Å². The Labute approximate surface area is 230 Å². The van der Waals surface area contributed by atoms with Gasteiger partial charge in [-0.1, -0.05) is 112 Å². The molecule has 0 aliphatic heterocycles. The molecule has 0 unspecified atom stereocenters. The Morgan fingerprint density at radius 3 is 1.97 bits per heavy atom. The van der Waals surface area contributed by atoms with Crippen LogP contribution in [0.25, 0.3) is 11.3 Å². The van der Waals surface area contributed by atoms with Crippen LogP contribution < -0.4 is 5.32 Å². The SMILES string of the molecule is COC(=O)c1cc(C(C)(C)C)n(C[C@H](Cc2ccccc2)NC(=O)OCc2ccccc2)c1-c1ccccc1. The van der Waals surface area contributed by atoms with Crippen LogP contribution in [0.4, 0.5) is 4.79 Å². The van der Waals surface area contributed by atoms with Crippen LogP contribution in [0.5, 0.6) is 0 Å². The minimum absolute atomic E-state index is 0.184. The summed E-state index contributed by atoms with van der Waals surface area (Å²) in [5, 5.41) is 3.10. The highest BCUT2D eigenvalue weighted by atomic mass is 16.5. The summed E-state index contributed by atoms with van der Waals surface area (Å²) in [6.07, 6.45) is 0.101. The number of benzene rings is 3. The van der Waals surface area contributed by atoms with E-state index in [-0.39, 0.29) is 18.1 Å². The van der Waals surface area contributed by atoms with Crippen molar-refractivity contribution in [1.29, 1.82) is 0 Å². The van der Waals surface area contributed by atoms with E-state index in [4.69, 9.17) is 9.47 Å². The van der Waals surface area contributed by atoms with Crippen molar-refractivity contribution >= 4 is 12.1 Å². The van der Waals surface area contributed by atoms with Crippen molar-refractivity contribution in [2.24, 2.45) is 0 Å². The lowest BCUT2D eigenvalue weighted by atomic mass is 9.91. The summed E-state index contributed by atoms with van der Waals surface area (Å²) in [5.41, 5.74) is 4.87. The second kappa shape index (κ2) is 12.5. The highest BCUT2D eigenvalue weighted by Crippen LogP contribution is 2.34. The molecule has 4 rings (SSSR count). The number of rotatable bonds is 9. The van der Waals surface area contributed by atoms with Crippen molar-refractivity contribution in [2.45, 2.75) is 51.8 Å². The molecule has 4 aromatic rings. The number of hydrogen-bond acceptors (Lipinski definition) is 4. The molecule has 0 aliphatic rings. The number of ether oxygens (including phenoxy) is 2. The van der Waals surface area contributed by atoms with Gasteiger partial charge >= 0.3 is 12.1 Å². The van der Waals surface area contributed by atoms with Crippen LogP contribution in [0, 0.1) is 0 Å². The number of alkyl carbamates (subject to hydrolysis) is 1. The zero-order valence-corrected chi connectivity index (χ0v) is 23.0. The third-order valence-electron chi connectivity index (χ3n) is 6.58. The summed E-state index contributed by atoms with van der Waals surface area (Å²) in [6, 6.07) is 31.1. The molecule has 1 N–H and O–H groups in total. The summed E-state index contributed by atoms with van der Waals surface area (Å²) in [7, 11) is 1.40. The van der Waals surface area contributed by atoms with Crippen molar-refractivity contribution in [3.63, 3.8) is 0 Å². The summed E-state index contributed by atoms with van der Waals surface area (Å²) in [6.45, 7) is 6.96. The Balaban J connectivity index is 1.72. The zero-order chi connectivity index (χ0) is 27.8. The highest BCUT2D eigenvalue weighted by Gasteiger charge is 2.29. The van der Waals surface area contributed by atoms with Crippen molar-refractivity contribution in [3.8, 4) is 11.3 Å². The first-order valence-electron chi connectivity index (χ1n) is 13.1. The lowest BCUT2D eigenvalue weighted by Gasteiger charge is -2.27. The summed E-state index contributed by atoms with van der Waals surface area (Å²) >= 11 is 0. The van der Waals surface area contributed by atoms with Crippen LogP contribution in [0.2, 0.25) is 0 Å². The molecule has 1 amide bonds. The molecule has 0 radical (unpaired) electrons. The predicted octanol–water partition coefficient (Wildman–Crippen LogP) is 6.78. The smallest absolute Gasteiger partial charge is 0.407 e. The maximum atomic E-state index is 13.0. The Morgan fingerprint density at radius 1 is 0.846 bits per heavy atom. The quantitative estimate of drug-likeness (QED) is 0.245. The number of nitrogens with one attached hydrogen (secondary N) is 1. The van der Waals surface area contributed by atoms with E-state index in [1.807, 2.05) is 97.1 Å². The molecule has 0 aliphatic carbocycles. The van der Waals surface area contributed by atoms with Crippen molar-refractivity contribution in [1.82, 2.24) is 9.88 Å². The van der Waals surface area contributed by atoms with Crippen LogP contribution in [0.3, 0.4) is 0 Å². The number of nitrogens with zero attached hydrogens (tertiary/aromatic N) is 1. The fraction of sp³-hybridized carbons (Fsp3) is 0.273. The van der Waals surface area contributed by atoms with Crippen LogP contribution in [-0.2, 0) is 34.5 Å². The standard InChI is InChI=1S/C33H36N2O4/c1-33(2,3)29-21-28(31(36)38-4)30(26-18-12-7-13-19-26)35(29)22-27(20-24-14-8-5-9-15-24)34-32(37)39-23-25-16-10-6-11-17-25/h5-19,21,27H,20,22-23H2,1-4H3,(H,34,37)/t27-/m0/s1. The van der Waals surface area contributed by atoms with E-state index in [1.54, 1.807) is 0 Å². The average Bonchev–Trinajstić information content (AvgIpc) is 3.33. The number of hydrogen-bond donors (Lipinski definition) is 1. The third-order valence-corrected chi connectivity index (χ3v) is 6.58. The van der Waals surface area contributed by atoms with Gasteiger partial charge in [0.1, 0.15) is 6.61 Å². The molecule has 39 heavy (non-hydrogen) atoms. The molecule has 0 spiro atoms. The molecule has 1 heterocycles. The zero-order valence-electron chi connectivity index (χ0n) is 23.0. The first-order valence-corrected chi connectivity index (χ1v) is 13.1. The first kappa shape index (κ1) is 27.7. The van der Waals surface area contributed by atoms with Crippen LogP contribution >= 0.6 is 0 Å². The maximum absolute atomic E-state index is 13.0. The minimum atomic E-state index is -0.487. The molecule has 0 saturated heterocycles. The molecule has 202 valence electrons. The second-order valence-electron chi connectivity index (χ2n) is 10.6. The molecular formula is C33H36N2O4. The number of carbonyl (C=O) groups excluding carboxylic acids is 2. The largest absolute Gasteiger partial charge is 0.465 e. The number of methoxy groups -OCH3 is 1. The van der Waals surface area contributed by atoms with E-state index in [2.05, 4.69) is 30.7 Å². The number of amides is 1. The molecule has 1 aromatic heterocycles. The Hall–Kier alpha value is -4.32. The van der Waals surface area contributed by atoms with E-state index in [0.29, 0.717) is 18.5 Å². The topological polar surface area (TPSA) is 69.6 Å². The van der Waals surface area contributed by atoms with Gasteiger partial charge in [0.05, 0.1) is 24.4 Å². The van der Waals surface area contributed by atoms with Gasteiger partial charge in [-0.15, -0.1) is 0 Å². The monoisotopic (exact) mass is 524 g/mol. The van der Waals surface area contributed by atoms with Gasteiger partial charge in [-0.2, -0.15) is 0 Å². The Kier molecular flexibility index (Phi) is 8.87. The molecule has 3 aromatic carbocycles. The number of aromatic nitrogens is 1. The molecule has 0 bridgehead atoms. The predicted molar refractivity (Wildman–Crippen MR) is 154 cm³/mol. The molecular weight excluding hydrogens is 488 g/mol. The summed E-state index contributed by atoms with van der Waals surface area (Å²) in [5.74, 6) is -0.395. The molecule has 0 fully saturated rings. The third kappa shape index (κ3) is 7.17. The van der Waals surface area contributed by atoms with Gasteiger partial charge < -0.3 is 19.4 Å². The lowest BCUT2D eigenvalue weighted by molar-refractivity contribution is 0.0601. The van der Waals surface area contributed by atoms with Gasteiger partial charge in [-0.3, -0.25) is 0 Å². The molecule has 1 atom stereocenters. The van der Waals surface area contributed by atoms with Crippen LogP contribution in [0.15, 0.2) is 97.1 Å². The van der Waals surface area contributed by atoms with E-state index < -0.39 is 12.1 Å². The van der Waals surface area contributed by atoms with Crippen molar-refractivity contribution in [2.75, 3.05) is 7.11 Å². The van der Waals surface area contributed by atoms with Crippen LogP contribution in [-0.4, -0.2) is 29.8 Å². The minimum Gasteiger partial charge on any atom is -0.465 e. The highest BCUT2D eigenvalue weighted by molar-refractivity contribution is 5.97. The number of esters is 1. The summed E-state index contributed by atoms with van der Waals surface area (Å²) < 4.78 is 12.9. The average molecular weight is 525 g/mol. The fourth-order valence-electron chi connectivity index (χ4n) is 4.74. The normalized spacial score (nSPS) is 12.0. The van der Waals surface area contributed by atoms with E-state index in [0.717, 1.165) is 28.1 Å². The van der Waals surface area contributed by atoms with Crippen LogP contribution in [0.1, 0.15) is 48.0 Å². The first-order chi connectivity index (χ1) is 18.8. The molecule has 6 nitrogen and oxygen atoms in total. The van der Waals surface area contributed by atoms with Gasteiger partial charge in [0, 0.05) is 17.7 Å². The van der Waals surface area contributed by atoms with E-state index >= 15 is 0 Å². The van der Waals surface area contributed by atoms with Gasteiger partial charge in [-0.05, 0) is 29.2 Å². The maximum Gasteiger partial charge on any atom is 0.407 e. The number of carbonyl (C=O) groups is 2. The van der Waals surface area contributed by atoms with Crippen molar-refractivity contribution < 1.29 is 19.1 Å². The van der Waals surface area contributed by atoms with Gasteiger partial charge in [0.15, 0.2) is 0 Å². The van der Waals surface area contributed by atoms with Gasteiger partial charge in [0.25, 0.3) is 0 Å². The Morgan fingerprint density at radius 2 is 1.41 bits per heavy atom. The lowest BCUT2D eigenvalue weighted by Crippen LogP contribution is -2.40. The Bertz CT molecular complexity index is 1370. The fourth-order valence-corrected chi connectivity index (χ4v) is 4.74. The molecule has 6 heteroatoms. The van der Waals surface area contributed by atoms with E-state index in [9.17, 15) is 9.59 Å². The van der Waals surface area contributed by atoms with Crippen molar-refractivity contribution in [3.05, 3.63) is 119 Å². The van der Waals surface area contributed by atoms with Gasteiger partial charge in [0.2, 0.25) is 0 Å². The second-order valence-corrected chi connectivity index (χ2v) is 10.6. The molecule has 0 saturated carbocycles.